The molecule has 0 saturated heterocycles. The van der Waals surface area contributed by atoms with E-state index in [0.29, 0.717) is 23.3 Å². The highest BCUT2D eigenvalue weighted by atomic mass is 19.1. The number of hydrogen-bond acceptors (Lipinski definition) is 4. The highest BCUT2D eigenvalue weighted by molar-refractivity contribution is 5.99. The van der Waals surface area contributed by atoms with Crippen molar-refractivity contribution in [3.63, 3.8) is 0 Å². The van der Waals surface area contributed by atoms with Crippen LogP contribution in [0.25, 0.3) is 16.9 Å². The van der Waals surface area contributed by atoms with Crippen LogP contribution in [0.5, 0.6) is 11.5 Å². The van der Waals surface area contributed by atoms with Gasteiger partial charge in [-0.05, 0) is 60.7 Å². The largest absolute Gasteiger partial charge is 0.493 e. The summed E-state index contributed by atoms with van der Waals surface area (Å²) in [6, 6.07) is 16.6. The number of amides is 2. The van der Waals surface area contributed by atoms with Gasteiger partial charge in [0.05, 0.1) is 31.3 Å². The number of aromatic nitrogens is 2. The Balaban J connectivity index is 1.44. The fourth-order valence-corrected chi connectivity index (χ4v) is 3.19. The number of ether oxygens (including phenoxy) is 2. The normalized spacial score (nSPS) is 10.5. The zero-order valence-electron chi connectivity index (χ0n) is 17.8. The van der Waals surface area contributed by atoms with Crippen LogP contribution in [0.15, 0.2) is 72.9 Å². The van der Waals surface area contributed by atoms with Crippen molar-refractivity contribution in [2.75, 3.05) is 24.9 Å². The van der Waals surface area contributed by atoms with Crippen molar-refractivity contribution < 1.29 is 23.0 Å². The van der Waals surface area contributed by atoms with Crippen LogP contribution in [0.4, 0.5) is 25.0 Å². The van der Waals surface area contributed by atoms with Crippen molar-refractivity contribution >= 4 is 17.4 Å². The second kappa shape index (κ2) is 9.39. The number of carbonyl (C=O) groups is 1. The van der Waals surface area contributed by atoms with Crippen LogP contribution in [0.2, 0.25) is 0 Å². The molecular formula is C24H20F2N4O3. The topological polar surface area (TPSA) is 77.4 Å². The van der Waals surface area contributed by atoms with Crippen molar-refractivity contribution in [2.45, 2.75) is 0 Å². The fraction of sp³-hybridized carbons (Fsp3) is 0.0833. The molecule has 2 N–H and O–H groups in total. The van der Waals surface area contributed by atoms with Gasteiger partial charge in [-0.25, -0.2) is 18.3 Å². The van der Waals surface area contributed by atoms with Crippen molar-refractivity contribution in [3.05, 3.63) is 84.6 Å². The second-order valence-electron chi connectivity index (χ2n) is 6.97. The van der Waals surface area contributed by atoms with Gasteiger partial charge >= 0.3 is 6.03 Å². The molecule has 0 bridgehead atoms. The molecule has 0 unspecified atom stereocenters. The van der Waals surface area contributed by atoms with Crippen LogP contribution in [0, 0.1) is 11.6 Å². The van der Waals surface area contributed by atoms with E-state index < -0.39 is 17.7 Å². The van der Waals surface area contributed by atoms with Crippen molar-refractivity contribution in [3.8, 4) is 28.4 Å². The lowest BCUT2D eigenvalue weighted by Gasteiger charge is -2.09. The van der Waals surface area contributed by atoms with Crippen LogP contribution in [0.1, 0.15) is 0 Å². The molecule has 9 heteroatoms. The maximum atomic E-state index is 13.7. The zero-order valence-corrected chi connectivity index (χ0v) is 17.8. The molecule has 2 amide bonds. The number of anilines is 2. The molecule has 4 aromatic rings. The first kappa shape index (κ1) is 21.8. The van der Waals surface area contributed by atoms with E-state index in [9.17, 15) is 13.6 Å². The number of urea groups is 1. The second-order valence-corrected chi connectivity index (χ2v) is 6.97. The summed E-state index contributed by atoms with van der Waals surface area (Å²) in [7, 11) is 3.15. The van der Waals surface area contributed by atoms with Crippen LogP contribution in [0.3, 0.4) is 0 Å². The third-order valence-corrected chi connectivity index (χ3v) is 4.84. The molecule has 1 heterocycles. The molecule has 0 aliphatic heterocycles. The summed E-state index contributed by atoms with van der Waals surface area (Å²) in [6.45, 7) is 0. The first-order valence-electron chi connectivity index (χ1n) is 9.88. The fourth-order valence-electron chi connectivity index (χ4n) is 3.19. The minimum Gasteiger partial charge on any atom is -0.493 e. The molecule has 168 valence electrons. The van der Waals surface area contributed by atoms with E-state index in [1.807, 2.05) is 30.5 Å². The van der Waals surface area contributed by atoms with E-state index in [0.717, 1.165) is 29.1 Å². The first-order chi connectivity index (χ1) is 16.0. The summed E-state index contributed by atoms with van der Waals surface area (Å²) < 4.78 is 39.0. The van der Waals surface area contributed by atoms with Crippen molar-refractivity contribution in [1.82, 2.24) is 9.78 Å². The van der Waals surface area contributed by atoms with Crippen LogP contribution in [-0.4, -0.2) is 30.0 Å². The highest BCUT2D eigenvalue weighted by Crippen LogP contribution is 2.31. The number of nitrogens with one attached hydrogen (secondary N) is 2. The number of nitrogens with zero attached hydrogens (tertiary/aromatic N) is 2. The minimum atomic E-state index is -0.857. The number of rotatable bonds is 6. The molecule has 0 aliphatic rings. The Labute approximate surface area is 188 Å². The predicted molar refractivity (Wildman–Crippen MR) is 121 cm³/mol. The molecule has 3 aromatic carbocycles. The lowest BCUT2D eigenvalue weighted by atomic mass is 10.1. The monoisotopic (exact) mass is 450 g/mol. The molecular weight excluding hydrogens is 430 g/mol. The third-order valence-electron chi connectivity index (χ3n) is 4.84. The number of halogens is 2. The molecule has 0 aliphatic carbocycles. The van der Waals surface area contributed by atoms with Gasteiger partial charge in [0.2, 0.25) is 0 Å². The Morgan fingerprint density at radius 1 is 0.879 bits per heavy atom. The van der Waals surface area contributed by atoms with Crippen molar-refractivity contribution in [1.29, 1.82) is 0 Å². The molecule has 0 spiro atoms. The maximum absolute atomic E-state index is 13.7. The summed E-state index contributed by atoms with van der Waals surface area (Å²) >= 11 is 0. The van der Waals surface area contributed by atoms with Gasteiger partial charge in [0.1, 0.15) is 11.6 Å². The lowest BCUT2D eigenvalue weighted by Crippen LogP contribution is -2.20. The first-order valence-corrected chi connectivity index (χ1v) is 9.88. The Hall–Kier alpha value is -4.40. The number of carbonyl (C=O) groups excluding carboxylic acids is 1. The Kier molecular flexibility index (Phi) is 6.21. The van der Waals surface area contributed by atoms with Gasteiger partial charge in [0, 0.05) is 23.5 Å². The molecule has 0 atom stereocenters. The molecule has 0 radical (unpaired) electrons. The van der Waals surface area contributed by atoms with E-state index in [2.05, 4.69) is 15.7 Å². The predicted octanol–water partition coefficient (Wildman–Crippen LogP) is 5.48. The van der Waals surface area contributed by atoms with Gasteiger partial charge < -0.3 is 20.1 Å². The summed E-state index contributed by atoms with van der Waals surface area (Å²) in [5, 5.41) is 9.54. The SMILES string of the molecule is COc1ccc(-c2ccn(-c3ccc(NC(=O)Nc4ccc(F)cc4F)cc3)n2)cc1OC. The molecule has 33 heavy (non-hydrogen) atoms. The lowest BCUT2D eigenvalue weighted by molar-refractivity contribution is 0.262. The molecule has 1 aromatic heterocycles. The Bertz CT molecular complexity index is 1290. The minimum absolute atomic E-state index is 0.121. The van der Waals surface area contributed by atoms with E-state index in [4.69, 9.17) is 9.47 Å². The van der Waals surface area contributed by atoms with E-state index in [-0.39, 0.29) is 5.69 Å². The maximum Gasteiger partial charge on any atom is 0.323 e. The summed E-state index contributed by atoms with van der Waals surface area (Å²) in [4.78, 5) is 12.1. The van der Waals surface area contributed by atoms with Gasteiger partial charge in [0.25, 0.3) is 0 Å². The van der Waals surface area contributed by atoms with Crippen LogP contribution < -0.4 is 20.1 Å². The van der Waals surface area contributed by atoms with E-state index in [1.165, 1.54) is 0 Å². The molecule has 4 rings (SSSR count). The van der Waals surface area contributed by atoms with E-state index in [1.54, 1.807) is 43.2 Å². The summed E-state index contributed by atoms with van der Waals surface area (Å²) in [5.74, 6) is -0.333. The Morgan fingerprint density at radius 2 is 1.64 bits per heavy atom. The van der Waals surface area contributed by atoms with Crippen molar-refractivity contribution in [2.24, 2.45) is 0 Å². The molecule has 0 saturated carbocycles. The number of benzene rings is 3. The van der Waals surface area contributed by atoms with Crippen LogP contribution in [-0.2, 0) is 0 Å². The van der Waals surface area contributed by atoms with Gasteiger partial charge in [-0.15, -0.1) is 0 Å². The van der Waals surface area contributed by atoms with Gasteiger partial charge in [0.15, 0.2) is 11.5 Å². The average Bonchev–Trinajstić information content (AvgIpc) is 3.31. The highest BCUT2D eigenvalue weighted by Gasteiger charge is 2.10. The standard InChI is InChI=1S/C24H20F2N4O3/c1-32-22-10-3-15(13-23(22)33-2)20-11-12-30(29-20)18-7-5-17(6-8-18)27-24(31)28-21-9-4-16(25)14-19(21)26/h3-14H,1-2H3,(H2,27,28,31). The number of methoxy groups -OCH3 is 2. The summed E-state index contributed by atoms with van der Waals surface area (Å²) in [6.07, 6.45) is 1.82. The van der Waals surface area contributed by atoms with E-state index >= 15 is 0 Å². The van der Waals surface area contributed by atoms with Gasteiger partial charge in [-0.1, -0.05) is 0 Å². The van der Waals surface area contributed by atoms with Gasteiger partial charge in [-0.3, -0.25) is 0 Å². The summed E-state index contributed by atoms with van der Waals surface area (Å²) in [5.41, 5.74) is 2.77. The molecule has 0 fully saturated rings. The Morgan fingerprint density at radius 3 is 2.33 bits per heavy atom. The third kappa shape index (κ3) is 4.93. The average molecular weight is 450 g/mol. The molecule has 7 nitrogen and oxygen atoms in total. The smallest absolute Gasteiger partial charge is 0.323 e. The zero-order chi connectivity index (χ0) is 23.4. The van der Waals surface area contributed by atoms with Crippen LogP contribution >= 0.6 is 0 Å². The quantitative estimate of drug-likeness (QED) is 0.408. The van der Waals surface area contributed by atoms with Gasteiger partial charge in [-0.2, -0.15) is 5.10 Å². The number of hydrogen-bond donors (Lipinski definition) is 2.